The number of aryl methyl sites for hydroxylation is 1. The Kier molecular flexibility index (Phi) is 3.75. The van der Waals surface area contributed by atoms with Crippen molar-refractivity contribution in [3.05, 3.63) is 40.4 Å². The number of nitrogens with zero attached hydrogens (tertiary/aromatic N) is 1. The van der Waals surface area contributed by atoms with Crippen LogP contribution in [0.5, 0.6) is 0 Å². The van der Waals surface area contributed by atoms with Crippen LogP contribution in [-0.4, -0.2) is 11.5 Å². The van der Waals surface area contributed by atoms with Crippen molar-refractivity contribution in [1.29, 1.82) is 0 Å². The van der Waals surface area contributed by atoms with Gasteiger partial charge in [0.1, 0.15) is 5.01 Å². The predicted octanol–water partition coefficient (Wildman–Crippen LogP) is 4.21. The maximum Gasteiger partial charge on any atom is 0.416 e. The lowest BCUT2D eigenvalue weighted by atomic mass is 9.91. The zero-order valence-electron chi connectivity index (χ0n) is 11.3. The fourth-order valence-electron chi connectivity index (χ4n) is 2.69. The molecule has 0 radical (unpaired) electrons. The number of nitrogens with two attached hydrogens (primary N) is 1. The molecule has 0 fully saturated rings. The summed E-state index contributed by atoms with van der Waals surface area (Å²) in [6.45, 7) is 0.540. The van der Waals surface area contributed by atoms with Crippen LogP contribution in [0.25, 0.3) is 10.6 Å². The molecule has 1 aliphatic carbocycles. The lowest BCUT2D eigenvalue weighted by molar-refractivity contribution is -0.137. The van der Waals surface area contributed by atoms with Crippen LogP contribution < -0.4 is 5.73 Å². The Morgan fingerprint density at radius 3 is 2.86 bits per heavy atom. The van der Waals surface area contributed by atoms with E-state index in [1.165, 1.54) is 28.3 Å². The third-order valence-electron chi connectivity index (χ3n) is 3.79. The summed E-state index contributed by atoms with van der Waals surface area (Å²) in [5.74, 6) is 0.240. The van der Waals surface area contributed by atoms with Gasteiger partial charge < -0.3 is 5.73 Å². The van der Waals surface area contributed by atoms with Gasteiger partial charge in [0.25, 0.3) is 0 Å². The van der Waals surface area contributed by atoms with Gasteiger partial charge in [-0.25, -0.2) is 4.98 Å². The van der Waals surface area contributed by atoms with Crippen molar-refractivity contribution in [1.82, 2.24) is 4.98 Å². The van der Waals surface area contributed by atoms with Crippen molar-refractivity contribution in [2.24, 2.45) is 5.73 Å². The summed E-state index contributed by atoms with van der Waals surface area (Å²) in [5, 5.41) is 0.659. The number of rotatable bonds is 2. The molecule has 1 aromatic heterocycles. The minimum Gasteiger partial charge on any atom is -0.330 e. The van der Waals surface area contributed by atoms with Crippen LogP contribution in [0, 0.1) is 0 Å². The molecular weight excluding hydrogens is 297 g/mol. The van der Waals surface area contributed by atoms with Crippen molar-refractivity contribution in [2.75, 3.05) is 6.54 Å². The van der Waals surface area contributed by atoms with E-state index in [0.717, 1.165) is 31.0 Å². The molecule has 112 valence electrons. The summed E-state index contributed by atoms with van der Waals surface area (Å²) in [6, 6.07) is 5.36. The molecule has 1 aromatic carbocycles. The smallest absolute Gasteiger partial charge is 0.330 e. The molecule has 0 spiro atoms. The molecule has 0 saturated carbocycles. The fraction of sp³-hybridized carbons (Fsp3) is 0.400. The van der Waals surface area contributed by atoms with E-state index in [2.05, 4.69) is 4.98 Å². The molecule has 1 aliphatic rings. The standard InChI is InChI=1S/C15H15F3N2S/c16-15(17,18)11-5-1-3-9(7-11)14-20-13-10(8-19)4-2-6-12(13)21-14/h1,3,5,7,10H,2,4,6,8,19H2. The van der Waals surface area contributed by atoms with Gasteiger partial charge in [-0.1, -0.05) is 12.1 Å². The van der Waals surface area contributed by atoms with Gasteiger partial charge in [-0.05, 0) is 31.4 Å². The highest BCUT2D eigenvalue weighted by Crippen LogP contribution is 2.39. The molecule has 3 rings (SSSR count). The highest BCUT2D eigenvalue weighted by Gasteiger charge is 2.31. The largest absolute Gasteiger partial charge is 0.416 e. The van der Waals surface area contributed by atoms with Crippen molar-refractivity contribution in [3.8, 4) is 10.6 Å². The molecule has 0 saturated heterocycles. The summed E-state index contributed by atoms with van der Waals surface area (Å²) < 4.78 is 38.4. The van der Waals surface area contributed by atoms with Crippen molar-refractivity contribution in [3.63, 3.8) is 0 Å². The highest BCUT2D eigenvalue weighted by molar-refractivity contribution is 7.15. The van der Waals surface area contributed by atoms with E-state index in [0.29, 0.717) is 17.1 Å². The summed E-state index contributed by atoms with van der Waals surface area (Å²) in [5.41, 5.74) is 6.64. The molecule has 1 unspecified atom stereocenters. The van der Waals surface area contributed by atoms with E-state index < -0.39 is 11.7 Å². The van der Waals surface area contributed by atoms with Crippen molar-refractivity contribution < 1.29 is 13.2 Å². The summed E-state index contributed by atoms with van der Waals surface area (Å²) in [7, 11) is 0. The zero-order chi connectivity index (χ0) is 15.0. The van der Waals surface area contributed by atoms with E-state index in [1.807, 2.05) is 0 Å². The molecule has 0 aliphatic heterocycles. The Balaban J connectivity index is 2.00. The van der Waals surface area contributed by atoms with Crippen LogP contribution >= 0.6 is 11.3 Å². The van der Waals surface area contributed by atoms with Crippen LogP contribution in [0.2, 0.25) is 0 Å². The normalized spacial score (nSPS) is 18.6. The second kappa shape index (κ2) is 5.42. The number of hydrogen-bond acceptors (Lipinski definition) is 3. The molecule has 2 nitrogen and oxygen atoms in total. The molecule has 0 amide bonds. The highest BCUT2D eigenvalue weighted by atomic mass is 32.1. The number of thiazole rings is 1. The maximum atomic E-state index is 12.8. The molecule has 6 heteroatoms. The first-order valence-electron chi connectivity index (χ1n) is 6.86. The molecule has 2 N–H and O–H groups in total. The molecule has 1 heterocycles. The average molecular weight is 312 g/mol. The average Bonchev–Trinajstić information content (AvgIpc) is 2.90. The third-order valence-corrected chi connectivity index (χ3v) is 4.97. The van der Waals surface area contributed by atoms with Gasteiger partial charge >= 0.3 is 6.18 Å². The summed E-state index contributed by atoms with van der Waals surface area (Å²) >= 11 is 1.49. The van der Waals surface area contributed by atoms with Gasteiger partial charge in [0.15, 0.2) is 0 Å². The summed E-state index contributed by atoms with van der Waals surface area (Å²) in [6.07, 6.45) is -1.30. The van der Waals surface area contributed by atoms with E-state index >= 15 is 0 Å². The number of aromatic nitrogens is 1. The first kappa shape index (κ1) is 14.5. The Hall–Kier alpha value is -1.40. The zero-order valence-corrected chi connectivity index (χ0v) is 12.1. The third kappa shape index (κ3) is 2.82. The van der Waals surface area contributed by atoms with Crippen LogP contribution in [0.3, 0.4) is 0 Å². The lowest BCUT2D eigenvalue weighted by Crippen LogP contribution is -2.17. The quantitative estimate of drug-likeness (QED) is 0.902. The number of benzene rings is 1. The lowest BCUT2D eigenvalue weighted by Gasteiger charge is -2.18. The molecular formula is C15H15F3N2S. The van der Waals surface area contributed by atoms with Gasteiger partial charge in [0, 0.05) is 22.9 Å². The maximum absolute atomic E-state index is 12.8. The Labute approximate surface area is 124 Å². The summed E-state index contributed by atoms with van der Waals surface area (Å²) in [4.78, 5) is 5.74. The van der Waals surface area contributed by atoms with Crippen LogP contribution in [0.1, 0.15) is 34.9 Å². The van der Waals surface area contributed by atoms with Gasteiger partial charge in [-0.3, -0.25) is 0 Å². The van der Waals surface area contributed by atoms with Crippen LogP contribution in [0.15, 0.2) is 24.3 Å². The second-order valence-electron chi connectivity index (χ2n) is 5.23. The molecule has 21 heavy (non-hydrogen) atoms. The number of fused-ring (bicyclic) bond motifs is 1. The Bertz CT molecular complexity index is 649. The van der Waals surface area contributed by atoms with Gasteiger partial charge in [0.05, 0.1) is 11.3 Å². The predicted molar refractivity (Wildman–Crippen MR) is 77.3 cm³/mol. The van der Waals surface area contributed by atoms with Crippen molar-refractivity contribution in [2.45, 2.75) is 31.4 Å². The minimum absolute atomic E-state index is 0.240. The monoisotopic (exact) mass is 312 g/mol. The van der Waals surface area contributed by atoms with Crippen LogP contribution in [0.4, 0.5) is 13.2 Å². The van der Waals surface area contributed by atoms with E-state index in [9.17, 15) is 13.2 Å². The number of alkyl halides is 3. The van der Waals surface area contributed by atoms with E-state index in [1.54, 1.807) is 6.07 Å². The molecule has 2 aromatic rings. The number of hydrogen-bond donors (Lipinski definition) is 1. The van der Waals surface area contributed by atoms with Gasteiger partial charge in [-0.2, -0.15) is 13.2 Å². The van der Waals surface area contributed by atoms with E-state index in [4.69, 9.17) is 5.73 Å². The Morgan fingerprint density at radius 1 is 1.33 bits per heavy atom. The van der Waals surface area contributed by atoms with Crippen LogP contribution in [-0.2, 0) is 12.6 Å². The first-order chi connectivity index (χ1) is 9.99. The van der Waals surface area contributed by atoms with Gasteiger partial charge in [-0.15, -0.1) is 11.3 Å². The molecule has 1 atom stereocenters. The first-order valence-corrected chi connectivity index (χ1v) is 7.68. The van der Waals surface area contributed by atoms with Gasteiger partial charge in [0.2, 0.25) is 0 Å². The van der Waals surface area contributed by atoms with Crippen molar-refractivity contribution >= 4 is 11.3 Å². The topological polar surface area (TPSA) is 38.9 Å². The number of halogens is 3. The van der Waals surface area contributed by atoms with E-state index in [-0.39, 0.29) is 5.92 Å². The second-order valence-corrected chi connectivity index (χ2v) is 6.31. The fourth-order valence-corrected chi connectivity index (χ4v) is 3.87. The molecule has 0 bridgehead atoms. The SMILES string of the molecule is NCC1CCCc2sc(-c3cccc(C(F)(F)F)c3)nc21. The minimum atomic E-state index is -4.33. The Morgan fingerprint density at radius 2 is 2.14 bits per heavy atom.